The molecule has 2 aromatic heterocycles. The van der Waals surface area contributed by atoms with Crippen LogP contribution in [0.4, 0.5) is 13.2 Å². The number of nitrogens with one attached hydrogen (secondary N) is 1. The largest absolute Gasteiger partial charge is 0.432 e. The van der Waals surface area contributed by atoms with Crippen LogP contribution in [0.5, 0.6) is 0 Å². The molecule has 1 aromatic carbocycles. The van der Waals surface area contributed by atoms with E-state index in [1.54, 1.807) is 42.7 Å². The van der Waals surface area contributed by atoms with Crippen LogP contribution in [0.2, 0.25) is 0 Å². The van der Waals surface area contributed by atoms with Gasteiger partial charge < -0.3 is 4.57 Å². The van der Waals surface area contributed by atoms with Gasteiger partial charge in [-0.15, -0.1) is 0 Å². The zero-order valence-electron chi connectivity index (χ0n) is 14.5. The summed E-state index contributed by atoms with van der Waals surface area (Å²) < 4.78 is 40.0. The molecule has 0 bridgehead atoms. The van der Waals surface area contributed by atoms with Gasteiger partial charge in [0.1, 0.15) is 11.8 Å². The Hall–Kier alpha value is -3.52. The summed E-state index contributed by atoms with van der Waals surface area (Å²) >= 11 is 0. The van der Waals surface area contributed by atoms with Crippen molar-refractivity contribution in [3.05, 3.63) is 64.2 Å². The standard InChI is InChI=1S/C19H14F3N5/c1-11-16(9-24)18(14-5-3-13(8-23)4-6-14)12(2)27(11)10-15-7-17(26-25-15)19(20,21)22/h3-7H,10H2,1-2H3,(H,25,26). The highest BCUT2D eigenvalue weighted by atomic mass is 19.4. The van der Waals surface area contributed by atoms with E-state index in [9.17, 15) is 18.4 Å². The lowest BCUT2D eigenvalue weighted by Crippen LogP contribution is -2.05. The maximum Gasteiger partial charge on any atom is 0.432 e. The predicted octanol–water partition coefficient (Wildman–Crippen LogP) is 4.31. The molecule has 27 heavy (non-hydrogen) atoms. The van der Waals surface area contributed by atoms with Crippen molar-refractivity contribution < 1.29 is 13.2 Å². The Morgan fingerprint density at radius 2 is 1.74 bits per heavy atom. The number of alkyl halides is 3. The second-order valence-electron chi connectivity index (χ2n) is 6.08. The molecule has 0 atom stereocenters. The first-order chi connectivity index (χ1) is 12.8. The number of H-pyrrole nitrogens is 1. The summed E-state index contributed by atoms with van der Waals surface area (Å²) in [5.41, 5.74) is 3.11. The lowest BCUT2D eigenvalue weighted by atomic mass is 10.0. The Morgan fingerprint density at radius 3 is 2.26 bits per heavy atom. The number of nitriles is 2. The molecule has 5 nitrogen and oxygen atoms in total. The van der Waals surface area contributed by atoms with Gasteiger partial charge >= 0.3 is 6.18 Å². The predicted molar refractivity (Wildman–Crippen MR) is 91.5 cm³/mol. The average molecular weight is 369 g/mol. The minimum absolute atomic E-state index is 0.106. The van der Waals surface area contributed by atoms with Crippen LogP contribution < -0.4 is 0 Å². The van der Waals surface area contributed by atoms with Crippen molar-refractivity contribution in [2.75, 3.05) is 0 Å². The summed E-state index contributed by atoms with van der Waals surface area (Å²) in [7, 11) is 0. The molecule has 136 valence electrons. The molecule has 3 aromatic rings. The number of nitrogens with zero attached hydrogens (tertiary/aromatic N) is 4. The summed E-state index contributed by atoms with van der Waals surface area (Å²) in [6, 6.07) is 12.0. The van der Waals surface area contributed by atoms with Gasteiger partial charge in [0, 0.05) is 17.0 Å². The second-order valence-corrected chi connectivity index (χ2v) is 6.08. The van der Waals surface area contributed by atoms with Crippen LogP contribution in [0.3, 0.4) is 0 Å². The van der Waals surface area contributed by atoms with Gasteiger partial charge in [-0.05, 0) is 37.6 Å². The zero-order chi connectivity index (χ0) is 19.8. The summed E-state index contributed by atoms with van der Waals surface area (Å²) in [6.45, 7) is 3.66. The Morgan fingerprint density at radius 1 is 1.07 bits per heavy atom. The van der Waals surface area contributed by atoms with Crippen LogP contribution >= 0.6 is 0 Å². The van der Waals surface area contributed by atoms with Crippen molar-refractivity contribution in [2.45, 2.75) is 26.6 Å². The van der Waals surface area contributed by atoms with Crippen molar-refractivity contribution in [2.24, 2.45) is 0 Å². The molecule has 3 rings (SSSR count). The van der Waals surface area contributed by atoms with E-state index in [2.05, 4.69) is 11.2 Å². The molecular weight excluding hydrogens is 355 g/mol. The van der Waals surface area contributed by atoms with Gasteiger partial charge in [-0.25, -0.2) is 0 Å². The van der Waals surface area contributed by atoms with Crippen molar-refractivity contribution in [1.82, 2.24) is 14.8 Å². The SMILES string of the molecule is Cc1c(C#N)c(-c2ccc(C#N)cc2)c(C)n1Cc1cc(C(F)(F)F)[nH]n1. The van der Waals surface area contributed by atoms with Gasteiger partial charge in [0.15, 0.2) is 0 Å². The number of hydrogen-bond acceptors (Lipinski definition) is 3. The molecule has 0 radical (unpaired) electrons. The molecule has 0 fully saturated rings. The van der Waals surface area contributed by atoms with Gasteiger partial charge in [0.05, 0.1) is 29.4 Å². The Balaban J connectivity index is 2.05. The van der Waals surface area contributed by atoms with Crippen molar-refractivity contribution in [3.8, 4) is 23.3 Å². The molecule has 0 aliphatic rings. The van der Waals surface area contributed by atoms with E-state index in [0.29, 0.717) is 22.4 Å². The van der Waals surface area contributed by atoms with Gasteiger partial charge in [-0.2, -0.15) is 28.8 Å². The first kappa shape index (κ1) is 18.3. The van der Waals surface area contributed by atoms with E-state index < -0.39 is 11.9 Å². The third kappa shape index (κ3) is 3.30. The number of hydrogen-bond donors (Lipinski definition) is 1. The summed E-state index contributed by atoms with van der Waals surface area (Å²) in [4.78, 5) is 0. The summed E-state index contributed by atoms with van der Waals surface area (Å²) in [6.07, 6.45) is -4.49. The highest BCUT2D eigenvalue weighted by Gasteiger charge is 2.33. The molecule has 0 saturated carbocycles. The van der Waals surface area contributed by atoms with Crippen LogP contribution in [-0.4, -0.2) is 14.8 Å². The third-order valence-corrected chi connectivity index (χ3v) is 4.45. The number of benzene rings is 1. The average Bonchev–Trinajstić information content (AvgIpc) is 3.20. The van der Waals surface area contributed by atoms with Crippen LogP contribution in [-0.2, 0) is 12.7 Å². The van der Waals surface area contributed by atoms with Gasteiger partial charge in [0.2, 0.25) is 0 Å². The smallest absolute Gasteiger partial charge is 0.341 e. The minimum Gasteiger partial charge on any atom is -0.341 e. The van der Waals surface area contributed by atoms with Crippen molar-refractivity contribution in [3.63, 3.8) is 0 Å². The summed E-state index contributed by atoms with van der Waals surface area (Å²) in [5.74, 6) is 0. The quantitative estimate of drug-likeness (QED) is 0.747. The lowest BCUT2D eigenvalue weighted by molar-refractivity contribution is -0.141. The van der Waals surface area contributed by atoms with Crippen LogP contribution in [0.1, 0.15) is 33.9 Å². The van der Waals surface area contributed by atoms with Gasteiger partial charge in [-0.3, -0.25) is 5.10 Å². The van der Waals surface area contributed by atoms with Crippen molar-refractivity contribution in [1.29, 1.82) is 10.5 Å². The fraction of sp³-hybridized carbons (Fsp3) is 0.211. The maximum atomic E-state index is 12.8. The normalized spacial score (nSPS) is 11.2. The number of aromatic amines is 1. The molecule has 0 aliphatic carbocycles. The molecule has 2 heterocycles. The van der Waals surface area contributed by atoms with E-state index in [-0.39, 0.29) is 12.2 Å². The molecule has 0 aliphatic heterocycles. The molecule has 0 saturated heterocycles. The molecular formula is C19H14F3N5. The van der Waals surface area contributed by atoms with Crippen molar-refractivity contribution >= 4 is 0 Å². The molecule has 0 spiro atoms. The van der Waals surface area contributed by atoms with E-state index in [1.165, 1.54) is 0 Å². The first-order valence-electron chi connectivity index (χ1n) is 7.98. The van der Waals surface area contributed by atoms with E-state index in [4.69, 9.17) is 5.26 Å². The topological polar surface area (TPSA) is 81.2 Å². The van der Waals surface area contributed by atoms with E-state index in [0.717, 1.165) is 17.3 Å². The molecule has 1 N–H and O–H groups in total. The Bertz CT molecular complexity index is 1070. The Labute approximate surface area is 153 Å². The number of rotatable bonds is 3. The molecule has 0 amide bonds. The van der Waals surface area contributed by atoms with E-state index in [1.807, 2.05) is 11.2 Å². The highest BCUT2D eigenvalue weighted by molar-refractivity contribution is 5.75. The molecule has 8 heteroatoms. The third-order valence-electron chi connectivity index (χ3n) is 4.45. The zero-order valence-corrected chi connectivity index (χ0v) is 14.5. The number of aromatic nitrogens is 3. The first-order valence-corrected chi connectivity index (χ1v) is 7.98. The van der Waals surface area contributed by atoms with E-state index >= 15 is 0 Å². The van der Waals surface area contributed by atoms with Crippen LogP contribution in [0, 0.1) is 36.5 Å². The monoisotopic (exact) mass is 369 g/mol. The van der Waals surface area contributed by atoms with Gasteiger partial charge in [0.25, 0.3) is 0 Å². The lowest BCUT2D eigenvalue weighted by Gasteiger charge is -2.08. The molecule has 0 unspecified atom stereocenters. The Kier molecular flexibility index (Phi) is 4.50. The van der Waals surface area contributed by atoms with Crippen LogP contribution in [0.25, 0.3) is 11.1 Å². The number of halogens is 3. The second kappa shape index (κ2) is 6.65. The highest BCUT2D eigenvalue weighted by Crippen LogP contribution is 2.33. The minimum atomic E-state index is -4.49. The fourth-order valence-corrected chi connectivity index (χ4v) is 3.07. The maximum absolute atomic E-state index is 12.8. The summed E-state index contributed by atoms with van der Waals surface area (Å²) in [5, 5.41) is 24.3. The fourth-order valence-electron chi connectivity index (χ4n) is 3.07. The van der Waals surface area contributed by atoms with Crippen LogP contribution in [0.15, 0.2) is 30.3 Å². The van der Waals surface area contributed by atoms with Gasteiger partial charge in [-0.1, -0.05) is 12.1 Å².